The van der Waals surface area contributed by atoms with Gasteiger partial charge in [0.05, 0.1) is 12.0 Å². The average molecular weight is 195 g/mol. The van der Waals surface area contributed by atoms with Crippen LogP contribution in [0.25, 0.3) is 0 Å². The lowest BCUT2D eigenvalue weighted by Gasteiger charge is -2.04. The van der Waals surface area contributed by atoms with E-state index in [2.05, 4.69) is 0 Å². The number of nitrogens with zero attached hydrogens (tertiary/aromatic N) is 1. The van der Waals surface area contributed by atoms with E-state index < -0.39 is 4.92 Å². The largest absolute Gasteiger partial charge is 0.496 e. The summed E-state index contributed by atoms with van der Waals surface area (Å²) >= 11 is 0. The third-order valence-electron chi connectivity index (χ3n) is 1.78. The van der Waals surface area contributed by atoms with Crippen molar-refractivity contribution in [3.63, 3.8) is 0 Å². The highest BCUT2D eigenvalue weighted by Crippen LogP contribution is 2.23. The van der Waals surface area contributed by atoms with Crippen LogP contribution in [0.3, 0.4) is 0 Å². The Kier molecular flexibility index (Phi) is 3.17. The minimum absolute atomic E-state index is 0.0392. The topological polar surface area (TPSA) is 69.4 Å². The van der Waals surface area contributed by atoms with Gasteiger partial charge in [-0.15, -0.1) is 0 Å². The molecule has 1 aromatic rings. The van der Waals surface area contributed by atoms with Crippen molar-refractivity contribution in [1.82, 2.24) is 0 Å². The Labute approximate surface area is 80.5 Å². The van der Waals surface area contributed by atoms with Gasteiger partial charge in [-0.2, -0.15) is 0 Å². The van der Waals surface area contributed by atoms with Gasteiger partial charge >= 0.3 is 0 Å². The lowest BCUT2D eigenvalue weighted by molar-refractivity contribution is -0.384. The van der Waals surface area contributed by atoms with Crippen molar-refractivity contribution in [2.45, 2.75) is 6.42 Å². The zero-order valence-electron chi connectivity index (χ0n) is 7.60. The third-order valence-corrected chi connectivity index (χ3v) is 1.78. The number of hydrogen-bond donors (Lipinski definition) is 0. The SMILES string of the molecule is COc1ccc([N+](=O)[O-])cc1CC=O. The Bertz CT molecular complexity index is 362. The maximum Gasteiger partial charge on any atom is 0.269 e. The Morgan fingerprint density at radius 1 is 1.57 bits per heavy atom. The lowest BCUT2D eigenvalue weighted by atomic mass is 10.1. The molecule has 0 heterocycles. The number of non-ortho nitro benzene ring substituents is 1. The number of carbonyl (C=O) groups is 1. The molecule has 1 aromatic carbocycles. The molecule has 0 saturated carbocycles. The fourth-order valence-electron chi connectivity index (χ4n) is 1.13. The third kappa shape index (κ3) is 2.07. The molecule has 0 aliphatic rings. The molecule has 74 valence electrons. The smallest absolute Gasteiger partial charge is 0.269 e. The Morgan fingerprint density at radius 3 is 2.79 bits per heavy atom. The fourth-order valence-corrected chi connectivity index (χ4v) is 1.13. The van der Waals surface area contributed by atoms with Crippen LogP contribution < -0.4 is 4.74 Å². The van der Waals surface area contributed by atoms with Gasteiger partial charge in [0.15, 0.2) is 0 Å². The van der Waals surface area contributed by atoms with E-state index >= 15 is 0 Å². The molecule has 0 aliphatic heterocycles. The number of hydrogen-bond acceptors (Lipinski definition) is 4. The van der Waals surface area contributed by atoms with Crippen molar-refractivity contribution in [3.05, 3.63) is 33.9 Å². The van der Waals surface area contributed by atoms with Crippen LogP contribution >= 0.6 is 0 Å². The molecule has 5 nitrogen and oxygen atoms in total. The maximum absolute atomic E-state index is 10.4. The molecule has 0 bridgehead atoms. The number of nitro benzene ring substituents is 1. The monoisotopic (exact) mass is 195 g/mol. The van der Waals surface area contributed by atoms with Crippen LogP contribution in [0.1, 0.15) is 5.56 Å². The number of nitro groups is 1. The van der Waals surface area contributed by atoms with Gasteiger partial charge in [-0.05, 0) is 6.07 Å². The number of aldehydes is 1. The van der Waals surface area contributed by atoms with Crippen LogP contribution in [0.2, 0.25) is 0 Å². The first-order valence-electron chi connectivity index (χ1n) is 3.94. The summed E-state index contributed by atoms with van der Waals surface area (Å²) in [6.07, 6.45) is 0.798. The van der Waals surface area contributed by atoms with Crippen LogP contribution in [0.4, 0.5) is 5.69 Å². The molecule has 0 N–H and O–H groups in total. The summed E-state index contributed by atoms with van der Waals surface area (Å²) in [7, 11) is 1.45. The minimum atomic E-state index is -0.506. The Balaban J connectivity index is 3.13. The van der Waals surface area contributed by atoms with Gasteiger partial charge in [0.1, 0.15) is 12.0 Å². The van der Waals surface area contributed by atoms with E-state index in [1.165, 1.54) is 25.3 Å². The second-order valence-corrected chi connectivity index (χ2v) is 2.62. The van der Waals surface area contributed by atoms with Gasteiger partial charge in [0.25, 0.3) is 5.69 Å². The molecule has 0 radical (unpaired) electrons. The van der Waals surface area contributed by atoms with E-state index in [9.17, 15) is 14.9 Å². The van der Waals surface area contributed by atoms with Crippen molar-refractivity contribution in [2.24, 2.45) is 0 Å². The zero-order valence-corrected chi connectivity index (χ0v) is 7.60. The highest BCUT2D eigenvalue weighted by molar-refractivity contribution is 5.59. The molecular formula is C9H9NO4. The molecule has 0 aliphatic carbocycles. The van der Waals surface area contributed by atoms with Crippen LogP contribution in [-0.2, 0) is 11.2 Å². The molecule has 0 atom stereocenters. The second kappa shape index (κ2) is 4.36. The normalized spacial score (nSPS) is 9.50. The van der Waals surface area contributed by atoms with E-state index in [4.69, 9.17) is 4.74 Å². The van der Waals surface area contributed by atoms with E-state index in [1.807, 2.05) is 0 Å². The second-order valence-electron chi connectivity index (χ2n) is 2.62. The summed E-state index contributed by atoms with van der Waals surface area (Å²) in [6, 6.07) is 4.16. The first kappa shape index (κ1) is 10.2. The van der Waals surface area contributed by atoms with Gasteiger partial charge in [0, 0.05) is 24.1 Å². The molecule has 5 heteroatoms. The highest BCUT2D eigenvalue weighted by atomic mass is 16.6. The van der Waals surface area contributed by atoms with Gasteiger partial charge in [-0.3, -0.25) is 10.1 Å². The predicted octanol–water partition coefficient (Wildman–Crippen LogP) is 1.34. The molecule has 14 heavy (non-hydrogen) atoms. The van der Waals surface area contributed by atoms with Gasteiger partial charge in [-0.1, -0.05) is 0 Å². The lowest BCUT2D eigenvalue weighted by Crippen LogP contribution is -1.95. The highest BCUT2D eigenvalue weighted by Gasteiger charge is 2.10. The zero-order chi connectivity index (χ0) is 10.6. The van der Waals surface area contributed by atoms with E-state index in [1.54, 1.807) is 0 Å². The van der Waals surface area contributed by atoms with Crippen molar-refractivity contribution >= 4 is 12.0 Å². The summed E-state index contributed by atoms with van der Waals surface area (Å²) in [5.41, 5.74) is 0.486. The number of rotatable bonds is 4. The predicted molar refractivity (Wildman–Crippen MR) is 49.4 cm³/mol. The molecule has 0 unspecified atom stereocenters. The molecule has 0 saturated heterocycles. The minimum Gasteiger partial charge on any atom is -0.496 e. The number of carbonyl (C=O) groups excluding carboxylic acids is 1. The molecular weight excluding hydrogens is 186 g/mol. The summed E-state index contributed by atoms with van der Waals surface area (Å²) in [4.78, 5) is 20.2. The molecule has 0 aromatic heterocycles. The van der Waals surface area contributed by atoms with Gasteiger partial charge in [-0.25, -0.2) is 0 Å². The van der Waals surface area contributed by atoms with Crippen molar-refractivity contribution in [2.75, 3.05) is 7.11 Å². The molecule has 0 spiro atoms. The van der Waals surface area contributed by atoms with E-state index in [0.717, 1.165) is 0 Å². The maximum atomic E-state index is 10.4. The first-order chi connectivity index (χ1) is 6.69. The van der Waals surface area contributed by atoms with Crippen LogP contribution in [0.15, 0.2) is 18.2 Å². The van der Waals surface area contributed by atoms with E-state index in [0.29, 0.717) is 17.6 Å². The number of methoxy groups -OCH3 is 1. The molecule has 1 rings (SSSR count). The van der Waals surface area contributed by atoms with Crippen molar-refractivity contribution < 1.29 is 14.5 Å². The summed E-state index contributed by atoms with van der Waals surface area (Å²) in [5.74, 6) is 0.489. The van der Waals surface area contributed by atoms with Crippen LogP contribution in [-0.4, -0.2) is 18.3 Å². The standard InChI is InChI=1S/C9H9NO4/c1-14-9-3-2-8(10(12)13)6-7(9)4-5-11/h2-3,5-6H,4H2,1H3. The van der Waals surface area contributed by atoms with Gasteiger partial charge in [0.2, 0.25) is 0 Å². The summed E-state index contributed by atoms with van der Waals surface area (Å²) in [6.45, 7) is 0. The fraction of sp³-hybridized carbons (Fsp3) is 0.222. The van der Waals surface area contributed by atoms with Gasteiger partial charge < -0.3 is 9.53 Å². The molecule has 0 fully saturated rings. The quantitative estimate of drug-likeness (QED) is 0.413. The Morgan fingerprint density at radius 2 is 2.29 bits per heavy atom. The van der Waals surface area contributed by atoms with Crippen molar-refractivity contribution in [1.29, 1.82) is 0 Å². The van der Waals surface area contributed by atoms with Crippen LogP contribution in [0.5, 0.6) is 5.75 Å². The first-order valence-corrected chi connectivity index (χ1v) is 3.94. The van der Waals surface area contributed by atoms with Crippen molar-refractivity contribution in [3.8, 4) is 5.75 Å². The van der Waals surface area contributed by atoms with E-state index in [-0.39, 0.29) is 12.1 Å². The molecule has 0 amide bonds. The number of benzene rings is 1. The summed E-state index contributed by atoms with van der Waals surface area (Å²) < 4.78 is 4.95. The number of ether oxygens (including phenoxy) is 1. The van der Waals surface area contributed by atoms with Crippen LogP contribution in [0, 0.1) is 10.1 Å². The average Bonchev–Trinajstić information content (AvgIpc) is 2.18. The Hall–Kier alpha value is -1.91. The summed E-state index contributed by atoms with van der Waals surface area (Å²) in [5, 5.41) is 10.4.